The summed E-state index contributed by atoms with van der Waals surface area (Å²) in [6.07, 6.45) is 8.88. The van der Waals surface area contributed by atoms with Crippen LogP contribution in [0, 0.1) is 11.3 Å². The predicted molar refractivity (Wildman–Crippen MR) is 83.9 cm³/mol. The van der Waals surface area contributed by atoms with Gasteiger partial charge in [-0.3, -0.25) is 0 Å². The van der Waals surface area contributed by atoms with Crippen LogP contribution < -0.4 is 5.73 Å². The smallest absolute Gasteiger partial charge is 0.137 e. The van der Waals surface area contributed by atoms with E-state index in [2.05, 4.69) is 11.9 Å². The van der Waals surface area contributed by atoms with Gasteiger partial charge in [-0.2, -0.15) is 0 Å². The molecule has 3 N–H and O–H groups in total. The number of hydrogen-bond acceptors (Lipinski definition) is 3. The zero-order chi connectivity index (χ0) is 14.9. The van der Waals surface area contributed by atoms with Crippen molar-refractivity contribution in [2.24, 2.45) is 17.1 Å². The van der Waals surface area contributed by atoms with Gasteiger partial charge >= 0.3 is 0 Å². The summed E-state index contributed by atoms with van der Waals surface area (Å²) in [5.74, 6) is 0.790. The first-order valence-electron chi connectivity index (χ1n) is 8.00. The fourth-order valence-electron chi connectivity index (χ4n) is 3.65. The number of fused-ring (bicyclic) bond motifs is 1. The van der Waals surface area contributed by atoms with Gasteiger partial charge in [0.1, 0.15) is 11.8 Å². The second-order valence-electron chi connectivity index (χ2n) is 6.45. The minimum atomic E-state index is -0.569. The van der Waals surface area contributed by atoms with Crippen LogP contribution in [0.15, 0.2) is 30.6 Å². The molecule has 2 aromatic heterocycles. The summed E-state index contributed by atoms with van der Waals surface area (Å²) >= 11 is 0. The number of nitrogens with zero attached hydrogens (tertiary/aromatic N) is 2. The van der Waals surface area contributed by atoms with Crippen molar-refractivity contribution in [2.45, 2.75) is 45.1 Å². The van der Waals surface area contributed by atoms with Crippen molar-refractivity contribution in [3.05, 3.63) is 36.3 Å². The third kappa shape index (κ3) is 2.58. The van der Waals surface area contributed by atoms with Crippen LogP contribution in [0.2, 0.25) is 0 Å². The van der Waals surface area contributed by atoms with E-state index in [1.165, 1.54) is 6.42 Å². The standard InChI is InChI=1S/C17H25N3O/c1-2-13-6-8-17(12-18,9-7-13)16(21)14-11-20-10-4-3-5-15(20)19-14/h3-5,10-11,13,16,21H,2,6-9,12,18H2,1H3. The lowest BCUT2D eigenvalue weighted by Crippen LogP contribution is -2.40. The highest BCUT2D eigenvalue weighted by atomic mass is 16.3. The van der Waals surface area contributed by atoms with Crippen molar-refractivity contribution in [1.82, 2.24) is 9.38 Å². The Morgan fingerprint density at radius 2 is 2.19 bits per heavy atom. The van der Waals surface area contributed by atoms with Gasteiger partial charge in [0.2, 0.25) is 0 Å². The lowest BCUT2D eigenvalue weighted by atomic mass is 9.66. The second kappa shape index (κ2) is 5.78. The molecule has 0 aromatic carbocycles. The molecule has 0 bridgehead atoms. The summed E-state index contributed by atoms with van der Waals surface area (Å²) in [5.41, 5.74) is 7.49. The quantitative estimate of drug-likeness (QED) is 0.908. The van der Waals surface area contributed by atoms with E-state index in [1.807, 2.05) is 35.0 Å². The number of hydrogen-bond donors (Lipinski definition) is 2. The molecule has 3 rings (SSSR count). The van der Waals surface area contributed by atoms with E-state index in [0.29, 0.717) is 6.54 Å². The predicted octanol–water partition coefficient (Wildman–Crippen LogP) is 2.91. The van der Waals surface area contributed by atoms with Crippen LogP contribution in [0.1, 0.15) is 50.8 Å². The first-order valence-corrected chi connectivity index (χ1v) is 8.00. The number of aliphatic hydroxyl groups is 1. The summed E-state index contributed by atoms with van der Waals surface area (Å²) < 4.78 is 1.96. The number of pyridine rings is 1. The summed E-state index contributed by atoms with van der Waals surface area (Å²) in [7, 11) is 0. The Morgan fingerprint density at radius 1 is 1.43 bits per heavy atom. The molecule has 0 saturated heterocycles. The molecule has 1 aliphatic carbocycles. The summed E-state index contributed by atoms with van der Waals surface area (Å²) in [5, 5.41) is 10.9. The highest BCUT2D eigenvalue weighted by molar-refractivity contribution is 5.40. The third-order valence-electron chi connectivity index (χ3n) is 5.33. The van der Waals surface area contributed by atoms with Gasteiger partial charge in [-0.15, -0.1) is 0 Å². The van der Waals surface area contributed by atoms with Gasteiger partial charge in [-0.25, -0.2) is 4.98 Å². The van der Waals surface area contributed by atoms with Crippen molar-refractivity contribution in [2.75, 3.05) is 6.54 Å². The van der Waals surface area contributed by atoms with E-state index in [4.69, 9.17) is 5.73 Å². The van der Waals surface area contributed by atoms with Crippen LogP contribution >= 0.6 is 0 Å². The Balaban J connectivity index is 1.86. The molecular formula is C17H25N3O. The molecular weight excluding hydrogens is 262 g/mol. The van der Waals surface area contributed by atoms with Crippen molar-refractivity contribution in [3.63, 3.8) is 0 Å². The van der Waals surface area contributed by atoms with E-state index >= 15 is 0 Å². The molecule has 0 amide bonds. The van der Waals surface area contributed by atoms with Gasteiger partial charge in [0, 0.05) is 24.4 Å². The van der Waals surface area contributed by atoms with Gasteiger partial charge in [0.05, 0.1) is 5.69 Å². The molecule has 2 heterocycles. The van der Waals surface area contributed by atoms with Crippen LogP contribution in [-0.2, 0) is 0 Å². The van der Waals surface area contributed by atoms with Crippen molar-refractivity contribution in [3.8, 4) is 0 Å². The normalized spacial score (nSPS) is 27.9. The molecule has 114 valence electrons. The fraction of sp³-hybridized carbons (Fsp3) is 0.588. The van der Waals surface area contributed by atoms with Gasteiger partial charge in [-0.1, -0.05) is 19.4 Å². The summed E-state index contributed by atoms with van der Waals surface area (Å²) in [6, 6.07) is 5.89. The Labute approximate surface area is 126 Å². The molecule has 1 fully saturated rings. The van der Waals surface area contributed by atoms with E-state index in [9.17, 15) is 5.11 Å². The molecule has 4 heteroatoms. The van der Waals surface area contributed by atoms with E-state index in [1.54, 1.807) is 0 Å². The molecule has 21 heavy (non-hydrogen) atoms. The lowest BCUT2D eigenvalue weighted by Gasteiger charge is -2.42. The fourth-order valence-corrected chi connectivity index (χ4v) is 3.65. The van der Waals surface area contributed by atoms with Crippen LogP contribution in [0.3, 0.4) is 0 Å². The highest BCUT2D eigenvalue weighted by Crippen LogP contribution is 2.47. The SMILES string of the molecule is CCC1CCC(CN)(C(O)c2cn3ccccc3n2)CC1. The van der Waals surface area contributed by atoms with Crippen LogP contribution in [0.5, 0.6) is 0 Å². The van der Waals surface area contributed by atoms with Crippen LogP contribution in [0.4, 0.5) is 0 Å². The maximum absolute atomic E-state index is 10.9. The second-order valence-corrected chi connectivity index (χ2v) is 6.45. The van der Waals surface area contributed by atoms with Crippen LogP contribution in [-0.4, -0.2) is 21.0 Å². The molecule has 1 saturated carbocycles. The largest absolute Gasteiger partial charge is 0.386 e. The average molecular weight is 287 g/mol. The van der Waals surface area contributed by atoms with Gasteiger partial charge < -0.3 is 15.2 Å². The van der Waals surface area contributed by atoms with Crippen LogP contribution in [0.25, 0.3) is 5.65 Å². The monoisotopic (exact) mass is 287 g/mol. The number of nitrogens with two attached hydrogens (primary N) is 1. The van der Waals surface area contributed by atoms with E-state index in [-0.39, 0.29) is 5.41 Å². The Kier molecular flexibility index (Phi) is 4.00. The zero-order valence-electron chi connectivity index (χ0n) is 12.7. The van der Waals surface area contributed by atoms with Gasteiger partial charge in [0.15, 0.2) is 0 Å². The number of rotatable bonds is 4. The summed E-state index contributed by atoms with van der Waals surface area (Å²) in [6.45, 7) is 2.77. The van der Waals surface area contributed by atoms with E-state index < -0.39 is 6.10 Å². The number of imidazole rings is 1. The van der Waals surface area contributed by atoms with Crippen molar-refractivity contribution >= 4 is 5.65 Å². The first kappa shape index (κ1) is 14.5. The minimum Gasteiger partial charge on any atom is -0.386 e. The lowest BCUT2D eigenvalue weighted by molar-refractivity contribution is -0.0126. The molecule has 0 spiro atoms. The minimum absolute atomic E-state index is 0.205. The Hall–Kier alpha value is -1.39. The van der Waals surface area contributed by atoms with Crippen molar-refractivity contribution < 1.29 is 5.11 Å². The average Bonchev–Trinajstić information content (AvgIpc) is 2.98. The molecule has 4 nitrogen and oxygen atoms in total. The first-order chi connectivity index (χ1) is 10.2. The molecule has 0 aliphatic heterocycles. The Bertz CT molecular complexity index is 566. The molecule has 0 radical (unpaired) electrons. The maximum Gasteiger partial charge on any atom is 0.137 e. The summed E-state index contributed by atoms with van der Waals surface area (Å²) in [4.78, 5) is 4.58. The molecule has 1 aliphatic rings. The van der Waals surface area contributed by atoms with Gasteiger partial charge in [0.25, 0.3) is 0 Å². The van der Waals surface area contributed by atoms with E-state index in [0.717, 1.165) is 42.9 Å². The van der Waals surface area contributed by atoms with Crippen molar-refractivity contribution in [1.29, 1.82) is 0 Å². The molecule has 1 atom stereocenters. The maximum atomic E-state index is 10.9. The molecule has 2 aromatic rings. The number of aliphatic hydroxyl groups excluding tert-OH is 1. The van der Waals surface area contributed by atoms with Gasteiger partial charge in [-0.05, 0) is 43.7 Å². The number of aromatic nitrogens is 2. The third-order valence-corrected chi connectivity index (χ3v) is 5.33. The highest BCUT2D eigenvalue weighted by Gasteiger charge is 2.41. The zero-order valence-corrected chi connectivity index (χ0v) is 12.7. The topological polar surface area (TPSA) is 63.5 Å². The Morgan fingerprint density at radius 3 is 2.81 bits per heavy atom. The molecule has 1 unspecified atom stereocenters.